The molecule has 0 heterocycles. The topological polar surface area (TPSA) is 74.2 Å². The van der Waals surface area contributed by atoms with Crippen molar-refractivity contribution in [3.05, 3.63) is 102 Å². The van der Waals surface area contributed by atoms with Gasteiger partial charge in [0.1, 0.15) is 5.82 Å². The van der Waals surface area contributed by atoms with E-state index < -0.39 is 0 Å². The van der Waals surface area contributed by atoms with Crippen molar-refractivity contribution in [3.63, 3.8) is 0 Å². The zero-order valence-corrected chi connectivity index (χ0v) is 18.1. The normalized spacial score (nSPS) is 21.0. The number of thiol groups is 1. The SMILES string of the molecule is C=CC1(Cc2cccc(C#N)c2)CC(=CN)C(=Nc2ccc(F)cc2)C=C1CCNS. The van der Waals surface area contributed by atoms with E-state index in [2.05, 4.69) is 30.2 Å². The minimum atomic E-state index is -0.369. The van der Waals surface area contributed by atoms with Crippen LogP contribution in [0, 0.1) is 22.6 Å². The van der Waals surface area contributed by atoms with Crippen molar-refractivity contribution in [1.82, 2.24) is 4.72 Å². The molecule has 0 spiro atoms. The lowest BCUT2D eigenvalue weighted by molar-refractivity contribution is 0.436. The van der Waals surface area contributed by atoms with Crippen LogP contribution in [0.3, 0.4) is 0 Å². The van der Waals surface area contributed by atoms with Crippen LogP contribution < -0.4 is 10.5 Å². The number of hydrogen-bond donors (Lipinski definition) is 3. The van der Waals surface area contributed by atoms with Gasteiger partial charge in [0.25, 0.3) is 0 Å². The zero-order chi connectivity index (χ0) is 22.3. The standard InChI is InChI=1S/C25H25FN4S/c1-2-25(14-18-4-3-5-19(12-18)16-27)15-20(17-28)24(13-21(25)10-11-29-31)30-23-8-6-22(26)7-9-23/h2-9,12-13,17,29,31H,1,10-11,14-15,28H2. The van der Waals surface area contributed by atoms with Gasteiger partial charge in [-0.3, -0.25) is 4.72 Å². The highest BCUT2D eigenvalue weighted by atomic mass is 32.1. The molecule has 0 amide bonds. The second-order valence-electron chi connectivity index (χ2n) is 7.52. The van der Waals surface area contributed by atoms with Gasteiger partial charge >= 0.3 is 0 Å². The van der Waals surface area contributed by atoms with Crippen LogP contribution in [0.1, 0.15) is 24.0 Å². The third-order valence-corrected chi connectivity index (χ3v) is 5.76. The molecule has 6 heteroatoms. The number of halogens is 1. The number of nitrogens with zero attached hydrogens (tertiary/aromatic N) is 2. The number of benzene rings is 2. The fourth-order valence-electron chi connectivity index (χ4n) is 3.93. The van der Waals surface area contributed by atoms with Gasteiger partial charge < -0.3 is 5.73 Å². The van der Waals surface area contributed by atoms with Crippen molar-refractivity contribution in [1.29, 1.82) is 5.26 Å². The van der Waals surface area contributed by atoms with E-state index in [9.17, 15) is 9.65 Å². The maximum absolute atomic E-state index is 13.3. The predicted molar refractivity (Wildman–Crippen MR) is 128 cm³/mol. The highest BCUT2D eigenvalue weighted by Crippen LogP contribution is 2.44. The average Bonchev–Trinajstić information content (AvgIpc) is 2.80. The molecule has 3 rings (SSSR count). The second-order valence-corrected chi connectivity index (χ2v) is 7.84. The summed E-state index contributed by atoms with van der Waals surface area (Å²) in [6.45, 7) is 4.82. The first-order valence-electron chi connectivity index (χ1n) is 9.99. The third-order valence-electron chi connectivity index (χ3n) is 5.54. The minimum absolute atomic E-state index is 0.302. The molecule has 1 aliphatic carbocycles. The van der Waals surface area contributed by atoms with E-state index in [0.29, 0.717) is 30.6 Å². The first-order valence-corrected chi connectivity index (χ1v) is 10.4. The van der Waals surface area contributed by atoms with Crippen LogP contribution >= 0.6 is 12.8 Å². The van der Waals surface area contributed by atoms with Crippen molar-refractivity contribution in [2.45, 2.75) is 19.3 Å². The van der Waals surface area contributed by atoms with Crippen molar-refractivity contribution in [2.24, 2.45) is 16.1 Å². The van der Waals surface area contributed by atoms with Crippen molar-refractivity contribution in [2.75, 3.05) is 6.54 Å². The Bertz CT molecular complexity index is 1080. The molecule has 1 atom stereocenters. The van der Waals surface area contributed by atoms with Gasteiger partial charge in [0, 0.05) is 12.0 Å². The number of nitriles is 1. The van der Waals surface area contributed by atoms with Gasteiger partial charge in [-0.15, -0.1) is 6.58 Å². The number of allylic oxidation sites excluding steroid dienone is 3. The van der Waals surface area contributed by atoms with E-state index in [1.54, 1.807) is 24.4 Å². The molecule has 158 valence electrons. The van der Waals surface area contributed by atoms with Crippen molar-refractivity contribution >= 4 is 24.2 Å². The van der Waals surface area contributed by atoms with Crippen LogP contribution in [-0.2, 0) is 6.42 Å². The van der Waals surface area contributed by atoms with Gasteiger partial charge in [-0.1, -0.05) is 36.6 Å². The van der Waals surface area contributed by atoms with Crippen LogP contribution in [0.5, 0.6) is 0 Å². The Labute approximate surface area is 188 Å². The maximum Gasteiger partial charge on any atom is 0.123 e. The summed E-state index contributed by atoms with van der Waals surface area (Å²) < 4.78 is 16.2. The number of hydrogen-bond acceptors (Lipinski definition) is 5. The summed E-state index contributed by atoms with van der Waals surface area (Å²) in [4.78, 5) is 4.71. The monoisotopic (exact) mass is 432 g/mol. The van der Waals surface area contributed by atoms with Crippen LogP contribution in [0.4, 0.5) is 10.1 Å². The molecular weight excluding hydrogens is 407 g/mol. The van der Waals surface area contributed by atoms with E-state index in [0.717, 1.165) is 28.8 Å². The van der Waals surface area contributed by atoms with Crippen LogP contribution in [0.15, 0.2) is 89.6 Å². The summed E-state index contributed by atoms with van der Waals surface area (Å²) >= 11 is 4.14. The quantitative estimate of drug-likeness (QED) is 0.417. The second kappa shape index (κ2) is 10.3. The molecule has 0 aromatic heterocycles. The lowest BCUT2D eigenvalue weighted by Gasteiger charge is -2.38. The molecule has 2 aromatic carbocycles. The third kappa shape index (κ3) is 5.32. The summed E-state index contributed by atoms with van der Waals surface area (Å²) in [5, 5.41) is 9.27. The molecule has 0 aliphatic heterocycles. The van der Waals surface area contributed by atoms with E-state index in [4.69, 9.17) is 10.7 Å². The lowest BCUT2D eigenvalue weighted by Crippen LogP contribution is -2.32. The van der Waals surface area contributed by atoms with Crippen LogP contribution in [0.2, 0.25) is 0 Å². The van der Waals surface area contributed by atoms with Gasteiger partial charge in [0.2, 0.25) is 0 Å². The Kier molecular flexibility index (Phi) is 7.45. The largest absolute Gasteiger partial charge is 0.404 e. The molecule has 3 N–H and O–H groups in total. The van der Waals surface area contributed by atoms with E-state index in [-0.39, 0.29) is 11.2 Å². The zero-order valence-electron chi connectivity index (χ0n) is 17.2. The Balaban J connectivity index is 2.07. The molecule has 0 saturated heterocycles. The Hall–Kier alpha value is -3.14. The van der Waals surface area contributed by atoms with Gasteiger partial charge in [0.05, 0.1) is 23.0 Å². The first kappa shape index (κ1) is 22.5. The highest BCUT2D eigenvalue weighted by Gasteiger charge is 2.36. The molecule has 1 unspecified atom stereocenters. The van der Waals surface area contributed by atoms with Gasteiger partial charge in [-0.25, -0.2) is 9.38 Å². The maximum atomic E-state index is 13.3. The summed E-state index contributed by atoms with van der Waals surface area (Å²) in [5.41, 5.74) is 10.8. The van der Waals surface area contributed by atoms with Crippen LogP contribution in [-0.4, -0.2) is 12.3 Å². The van der Waals surface area contributed by atoms with Crippen molar-refractivity contribution < 1.29 is 4.39 Å². The summed E-state index contributed by atoms with van der Waals surface area (Å²) in [6, 6.07) is 15.9. The Morgan fingerprint density at radius 1 is 1.29 bits per heavy atom. The molecule has 1 aliphatic rings. The number of nitrogens with two attached hydrogens (primary N) is 1. The van der Waals surface area contributed by atoms with Gasteiger partial charge in [-0.2, -0.15) is 5.26 Å². The number of aliphatic imine (C=N–C) groups is 1. The van der Waals surface area contributed by atoms with E-state index >= 15 is 0 Å². The molecule has 2 aromatic rings. The molecule has 0 bridgehead atoms. The van der Waals surface area contributed by atoms with Crippen molar-refractivity contribution in [3.8, 4) is 6.07 Å². The van der Waals surface area contributed by atoms with E-state index in [1.807, 2.05) is 30.4 Å². The first-order chi connectivity index (χ1) is 15.0. The Morgan fingerprint density at radius 2 is 2.06 bits per heavy atom. The molecule has 31 heavy (non-hydrogen) atoms. The molecule has 0 radical (unpaired) electrons. The molecule has 4 nitrogen and oxygen atoms in total. The van der Waals surface area contributed by atoms with Gasteiger partial charge in [0.15, 0.2) is 0 Å². The molecule has 0 saturated carbocycles. The molecule has 0 fully saturated rings. The van der Waals surface area contributed by atoms with Crippen LogP contribution in [0.25, 0.3) is 0 Å². The minimum Gasteiger partial charge on any atom is -0.404 e. The molecular formula is C25H25FN4S. The van der Waals surface area contributed by atoms with E-state index in [1.165, 1.54) is 12.1 Å². The average molecular weight is 433 g/mol. The fraction of sp³-hybridized carbons (Fsp3) is 0.200. The fourth-order valence-corrected chi connectivity index (χ4v) is 4.04. The Morgan fingerprint density at radius 3 is 2.71 bits per heavy atom. The van der Waals surface area contributed by atoms with Gasteiger partial charge in [-0.05, 0) is 79.1 Å². The smallest absolute Gasteiger partial charge is 0.123 e. The summed E-state index contributed by atoms with van der Waals surface area (Å²) in [5.74, 6) is -0.302. The highest BCUT2D eigenvalue weighted by molar-refractivity contribution is 7.78. The lowest BCUT2D eigenvalue weighted by atomic mass is 9.66. The summed E-state index contributed by atoms with van der Waals surface area (Å²) in [6.07, 6.45) is 7.65. The summed E-state index contributed by atoms with van der Waals surface area (Å²) in [7, 11) is 0. The predicted octanol–water partition coefficient (Wildman–Crippen LogP) is 5.18. The number of nitrogens with one attached hydrogen (secondary N) is 1. The number of rotatable bonds is 7.